The van der Waals surface area contributed by atoms with Gasteiger partial charge in [-0.15, -0.1) is 0 Å². The molecule has 0 unspecified atom stereocenters. The van der Waals surface area contributed by atoms with Crippen molar-refractivity contribution in [1.82, 2.24) is 10.3 Å². The normalized spacial score (nSPS) is 10.8. The van der Waals surface area contributed by atoms with Crippen molar-refractivity contribution in [3.05, 3.63) is 29.7 Å². The van der Waals surface area contributed by atoms with Gasteiger partial charge in [0.25, 0.3) is 0 Å². The lowest BCUT2D eigenvalue weighted by molar-refractivity contribution is -0.137. The number of hydrogen-bond acceptors (Lipinski definition) is 4. The number of fused-ring (bicyclic) bond motifs is 1. The van der Waals surface area contributed by atoms with Gasteiger partial charge in [0.05, 0.1) is 0 Å². The standard InChI is InChI=1S/C16H20N2O4/c1-11-5-4-6-12-16(11)18-14(22-12)9-10-17-13(19)7-2-3-8-15(20)21/h4-6H,2-3,7-10H2,1H3,(H,17,19)(H,20,21). The van der Waals surface area contributed by atoms with Crippen molar-refractivity contribution in [1.29, 1.82) is 0 Å². The van der Waals surface area contributed by atoms with Crippen LogP contribution in [0.2, 0.25) is 0 Å². The van der Waals surface area contributed by atoms with Crippen LogP contribution < -0.4 is 5.32 Å². The van der Waals surface area contributed by atoms with Crippen LogP contribution in [0.1, 0.15) is 37.1 Å². The lowest BCUT2D eigenvalue weighted by Gasteiger charge is -2.02. The molecule has 0 fully saturated rings. The summed E-state index contributed by atoms with van der Waals surface area (Å²) in [5.41, 5.74) is 2.68. The second kappa shape index (κ2) is 7.59. The average molecular weight is 304 g/mol. The van der Waals surface area contributed by atoms with E-state index in [2.05, 4.69) is 10.3 Å². The fourth-order valence-electron chi connectivity index (χ4n) is 2.20. The number of carbonyl (C=O) groups is 2. The number of benzene rings is 1. The van der Waals surface area contributed by atoms with Gasteiger partial charge in [0.15, 0.2) is 11.5 Å². The zero-order valence-corrected chi connectivity index (χ0v) is 12.6. The Balaban J connectivity index is 1.72. The third-order valence-electron chi connectivity index (χ3n) is 3.37. The van der Waals surface area contributed by atoms with E-state index in [4.69, 9.17) is 9.52 Å². The summed E-state index contributed by atoms with van der Waals surface area (Å²) in [7, 11) is 0. The molecule has 6 nitrogen and oxygen atoms in total. The Bertz CT molecular complexity index is 663. The molecule has 0 aliphatic rings. The molecule has 0 radical (unpaired) electrons. The summed E-state index contributed by atoms with van der Waals surface area (Å²) < 4.78 is 5.63. The fourth-order valence-corrected chi connectivity index (χ4v) is 2.20. The van der Waals surface area contributed by atoms with E-state index in [1.54, 1.807) is 0 Å². The van der Waals surface area contributed by atoms with Crippen LogP contribution in [-0.4, -0.2) is 28.5 Å². The second-order valence-electron chi connectivity index (χ2n) is 5.23. The van der Waals surface area contributed by atoms with Gasteiger partial charge in [-0.2, -0.15) is 0 Å². The summed E-state index contributed by atoms with van der Waals surface area (Å²) in [5, 5.41) is 11.3. The molecule has 2 rings (SSSR count). The van der Waals surface area contributed by atoms with Gasteiger partial charge in [-0.3, -0.25) is 9.59 Å². The zero-order valence-electron chi connectivity index (χ0n) is 12.6. The molecule has 0 aliphatic carbocycles. The van der Waals surface area contributed by atoms with Crippen LogP contribution in [-0.2, 0) is 16.0 Å². The average Bonchev–Trinajstić information content (AvgIpc) is 2.88. The number of oxazole rings is 1. The highest BCUT2D eigenvalue weighted by atomic mass is 16.4. The summed E-state index contributed by atoms with van der Waals surface area (Å²) in [4.78, 5) is 26.4. The number of aliphatic carboxylic acids is 1. The molecule has 1 amide bonds. The van der Waals surface area contributed by atoms with Gasteiger partial charge < -0.3 is 14.8 Å². The van der Waals surface area contributed by atoms with Gasteiger partial charge in [0, 0.05) is 25.8 Å². The van der Waals surface area contributed by atoms with Gasteiger partial charge in [-0.25, -0.2) is 4.98 Å². The molecule has 0 bridgehead atoms. The quantitative estimate of drug-likeness (QED) is 0.731. The summed E-state index contributed by atoms with van der Waals surface area (Å²) in [6.07, 6.45) is 2.10. The minimum atomic E-state index is -0.827. The van der Waals surface area contributed by atoms with E-state index in [0.717, 1.165) is 16.7 Å². The Kier molecular flexibility index (Phi) is 5.52. The number of hydrogen-bond donors (Lipinski definition) is 2. The molecule has 118 valence electrons. The van der Waals surface area contributed by atoms with Crippen LogP contribution in [0, 0.1) is 6.92 Å². The molecule has 0 saturated carbocycles. The van der Waals surface area contributed by atoms with Crippen molar-refractivity contribution in [3.8, 4) is 0 Å². The molecule has 1 aromatic heterocycles. The van der Waals surface area contributed by atoms with Gasteiger partial charge in [-0.05, 0) is 31.4 Å². The van der Waals surface area contributed by atoms with Crippen LogP contribution in [0.5, 0.6) is 0 Å². The van der Waals surface area contributed by atoms with E-state index in [0.29, 0.717) is 38.1 Å². The van der Waals surface area contributed by atoms with Crippen molar-refractivity contribution in [2.75, 3.05) is 6.54 Å². The maximum atomic E-state index is 11.6. The monoisotopic (exact) mass is 304 g/mol. The minimum absolute atomic E-state index is 0.0716. The van der Waals surface area contributed by atoms with Crippen molar-refractivity contribution in [2.24, 2.45) is 0 Å². The molecular weight excluding hydrogens is 284 g/mol. The number of aryl methyl sites for hydroxylation is 1. The Morgan fingerprint density at radius 1 is 1.27 bits per heavy atom. The number of carbonyl (C=O) groups excluding carboxylic acids is 1. The molecular formula is C16H20N2O4. The molecule has 0 spiro atoms. The van der Waals surface area contributed by atoms with Gasteiger partial charge in [0.1, 0.15) is 5.52 Å². The SMILES string of the molecule is Cc1cccc2oc(CCNC(=O)CCCCC(=O)O)nc12. The van der Waals surface area contributed by atoms with E-state index in [-0.39, 0.29) is 12.3 Å². The van der Waals surface area contributed by atoms with E-state index in [9.17, 15) is 9.59 Å². The van der Waals surface area contributed by atoms with Crippen molar-refractivity contribution < 1.29 is 19.1 Å². The summed E-state index contributed by atoms with van der Waals surface area (Å²) >= 11 is 0. The molecule has 1 heterocycles. The van der Waals surface area contributed by atoms with Gasteiger partial charge in [0.2, 0.25) is 5.91 Å². The van der Waals surface area contributed by atoms with Gasteiger partial charge >= 0.3 is 5.97 Å². The first-order chi connectivity index (χ1) is 10.6. The Labute approximate surface area is 128 Å². The lowest BCUT2D eigenvalue weighted by Crippen LogP contribution is -2.25. The highest BCUT2D eigenvalue weighted by Crippen LogP contribution is 2.18. The van der Waals surface area contributed by atoms with E-state index >= 15 is 0 Å². The molecule has 1 aromatic carbocycles. The Morgan fingerprint density at radius 3 is 2.77 bits per heavy atom. The molecule has 0 aliphatic heterocycles. The largest absolute Gasteiger partial charge is 0.481 e. The highest BCUT2D eigenvalue weighted by molar-refractivity contribution is 5.76. The van der Waals surface area contributed by atoms with E-state index in [1.165, 1.54) is 0 Å². The smallest absolute Gasteiger partial charge is 0.303 e. The summed E-state index contributed by atoms with van der Waals surface area (Å²) in [6.45, 7) is 2.44. The Morgan fingerprint density at radius 2 is 2.05 bits per heavy atom. The zero-order chi connectivity index (χ0) is 15.9. The van der Waals surface area contributed by atoms with Crippen molar-refractivity contribution in [2.45, 2.75) is 39.0 Å². The van der Waals surface area contributed by atoms with Crippen molar-refractivity contribution >= 4 is 23.0 Å². The van der Waals surface area contributed by atoms with E-state index < -0.39 is 5.97 Å². The molecule has 6 heteroatoms. The maximum Gasteiger partial charge on any atom is 0.303 e. The second-order valence-corrected chi connectivity index (χ2v) is 5.23. The first-order valence-corrected chi connectivity index (χ1v) is 7.40. The number of carboxylic acids is 1. The number of rotatable bonds is 8. The number of para-hydroxylation sites is 1. The van der Waals surface area contributed by atoms with E-state index in [1.807, 2.05) is 25.1 Å². The van der Waals surface area contributed by atoms with Crippen LogP contribution >= 0.6 is 0 Å². The predicted molar refractivity (Wildman–Crippen MR) is 81.6 cm³/mol. The van der Waals surface area contributed by atoms with Crippen LogP contribution in [0.4, 0.5) is 0 Å². The maximum absolute atomic E-state index is 11.6. The van der Waals surface area contributed by atoms with Crippen LogP contribution in [0.15, 0.2) is 22.6 Å². The highest BCUT2D eigenvalue weighted by Gasteiger charge is 2.08. The van der Waals surface area contributed by atoms with Gasteiger partial charge in [-0.1, -0.05) is 12.1 Å². The molecule has 2 aromatic rings. The Hall–Kier alpha value is -2.37. The lowest BCUT2D eigenvalue weighted by atomic mass is 10.2. The third-order valence-corrected chi connectivity index (χ3v) is 3.37. The number of unbranched alkanes of at least 4 members (excludes halogenated alkanes) is 1. The number of nitrogens with one attached hydrogen (secondary N) is 1. The minimum Gasteiger partial charge on any atom is -0.481 e. The predicted octanol–water partition coefficient (Wildman–Crippen LogP) is 2.44. The van der Waals surface area contributed by atoms with Crippen LogP contribution in [0.25, 0.3) is 11.1 Å². The fraction of sp³-hybridized carbons (Fsp3) is 0.438. The number of aromatic nitrogens is 1. The molecule has 0 saturated heterocycles. The van der Waals surface area contributed by atoms with Crippen molar-refractivity contribution in [3.63, 3.8) is 0 Å². The molecule has 2 N–H and O–H groups in total. The molecule has 22 heavy (non-hydrogen) atoms. The number of carboxylic acid groups (broad SMARTS) is 1. The first-order valence-electron chi connectivity index (χ1n) is 7.40. The summed E-state index contributed by atoms with van der Waals surface area (Å²) in [6, 6.07) is 5.78. The third kappa shape index (κ3) is 4.58. The number of amides is 1. The van der Waals surface area contributed by atoms with Crippen LogP contribution in [0.3, 0.4) is 0 Å². The first kappa shape index (κ1) is 16.0. The molecule has 0 atom stereocenters. The summed E-state index contributed by atoms with van der Waals surface area (Å²) in [5.74, 6) is -0.292. The topological polar surface area (TPSA) is 92.4 Å². The number of nitrogens with zero attached hydrogens (tertiary/aromatic N) is 1.